The molecule has 16 heavy (non-hydrogen) atoms. The maximum absolute atomic E-state index is 11.6. The minimum Gasteiger partial charge on any atom is -0.481 e. The number of Topliss-reactive ketones (excluding diaryl/α,β-unsaturated/α-hetero) is 1. The van der Waals surface area contributed by atoms with Crippen molar-refractivity contribution in [2.45, 2.75) is 44.9 Å². The van der Waals surface area contributed by atoms with E-state index in [1.807, 2.05) is 0 Å². The van der Waals surface area contributed by atoms with Crippen molar-refractivity contribution in [2.24, 2.45) is 11.8 Å². The number of carbonyl (C=O) groups is 2. The van der Waals surface area contributed by atoms with Gasteiger partial charge in [-0.3, -0.25) is 9.59 Å². The summed E-state index contributed by atoms with van der Waals surface area (Å²) in [4.78, 5) is 22.2. The lowest BCUT2D eigenvalue weighted by Gasteiger charge is -2.16. The average molecular weight is 228 g/mol. The van der Waals surface area contributed by atoms with Gasteiger partial charge in [0.2, 0.25) is 0 Å². The number of rotatable bonds is 7. The summed E-state index contributed by atoms with van der Waals surface area (Å²) in [6.07, 6.45) is 4.78. The van der Waals surface area contributed by atoms with Crippen LogP contribution in [0.1, 0.15) is 44.9 Å². The minimum atomic E-state index is -0.806. The standard InChI is InChI=1S/C12H20O4/c13-7-3-1-2-4-10-9(8-12(15)16)5-6-11(10)14/h9-10,13H,1-8H2,(H,15,16). The highest BCUT2D eigenvalue weighted by atomic mass is 16.4. The van der Waals surface area contributed by atoms with E-state index >= 15 is 0 Å². The van der Waals surface area contributed by atoms with Gasteiger partial charge in [-0.15, -0.1) is 0 Å². The van der Waals surface area contributed by atoms with Crippen LogP contribution in [0.25, 0.3) is 0 Å². The molecule has 0 aromatic carbocycles. The van der Waals surface area contributed by atoms with Crippen molar-refractivity contribution in [3.05, 3.63) is 0 Å². The Morgan fingerprint density at radius 3 is 2.69 bits per heavy atom. The minimum absolute atomic E-state index is 0.0409. The largest absolute Gasteiger partial charge is 0.481 e. The molecule has 2 N–H and O–H groups in total. The number of aliphatic hydroxyl groups is 1. The van der Waals surface area contributed by atoms with E-state index < -0.39 is 5.97 Å². The number of carbonyl (C=O) groups excluding carboxylic acids is 1. The molecular formula is C12H20O4. The topological polar surface area (TPSA) is 74.6 Å². The SMILES string of the molecule is O=C(O)CC1CCC(=O)C1CCCCCO. The highest BCUT2D eigenvalue weighted by Gasteiger charge is 2.34. The van der Waals surface area contributed by atoms with Crippen LogP contribution in [-0.4, -0.2) is 28.6 Å². The first-order valence-corrected chi connectivity index (χ1v) is 6.00. The summed E-state index contributed by atoms with van der Waals surface area (Å²) < 4.78 is 0. The molecule has 1 aliphatic rings. The molecule has 0 saturated heterocycles. The number of ketones is 1. The quantitative estimate of drug-likeness (QED) is 0.649. The molecule has 0 aromatic heterocycles. The molecule has 4 heteroatoms. The number of carboxylic acid groups (broad SMARTS) is 1. The van der Waals surface area contributed by atoms with Gasteiger partial charge in [0.05, 0.1) is 0 Å². The van der Waals surface area contributed by atoms with Gasteiger partial charge in [0.15, 0.2) is 0 Å². The zero-order valence-electron chi connectivity index (χ0n) is 9.52. The van der Waals surface area contributed by atoms with Crippen LogP contribution in [0, 0.1) is 11.8 Å². The fourth-order valence-electron chi connectivity index (χ4n) is 2.50. The van der Waals surface area contributed by atoms with Crippen molar-refractivity contribution in [1.29, 1.82) is 0 Å². The predicted molar refractivity (Wildman–Crippen MR) is 59.0 cm³/mol. The highest BCUT2D eigenvalue weighted by molar-refractivity contribution is 5.84. The molecule has 92 valence electrons. The maximum Gasteiger partial charge on any atom is 0.303 e. The molecule has 0 aliphatic heterocycles. The van der Waals surface area contributed by atoms with E-state index in [1.165, 1.54) is 0 Å². The van der Waals surface area contributed by atoms with E-state index in [2.05, 4.69) is 0 Å². The molecular weight excluding hydrogens is 208 g/mol. The van der Waals surface area contributed by atoms with Gasteiger partial charge >= 0.3 is 5.97 Å². The third kappa shape index (κ3) is 3.93. The lowest BCUT2D eigenvalue weighted by molar-refractivity contribution is -0.138. The van der Waals surface area contributed by atoms with Gasteiger partial charge in [0, 0.05) is 25.4 Å². The third-order valence-corrected chi connectivity index (χ3v) is 3.35. The van der Waals surface area contributed by atoms with Crippen molar-refractivity contribution in [2.75, 3.05) is 6.61 Å². The molecule has 1 saturated carbocycles. The monoisotopic (exact) mass is 228 g/mol. The van der Waals surface area contributed by atoms with E-state index in [4.69, 9.17) is 10.2 Å². The second kappa shape index (κ2) is 6.63. The second-order valence-electron chi connectivity index (χ2n) is 4.54. The lowest BCUT2D eigenvalue weighted by Crippen LogP contribution is -2.17. The number of hydrogen-bond donors (Lipinski definition) is 2. The number of aliphatic hydroxyl groups excluding tert-OH is 1. The van der Waals surface area contributed by atoms with Gasteiger partial charge in [-0.25, -0.2) is 0 Å². The first-order valence-electron chi connectivity index (χ1n) is 6.00. The summed E-state index contributed by atoms with van der Waals surface area (Å²) >= 11 is 0. The van der Waals surface area contributed by atoms with Gasteiger partial charge in [-0.05, 0) is 25.2 Å². The molecule has 2 unspecified atom stereocenters. The van der Waals surface area contributed by atoms with Gasteiger partial charge in [-0.1, -0.05) is 12.8 Å². The molecule has 1 rings (SSSR count). The summed E-state index contributed by atoms with van der Waals surface area (Å²) in [5.74, 6) is -0.579. The molecule has 0 heterocycles. The van der Waals surface area contributed by atoms with Gasteiger partial charge in [0.25, 0.3) is 0 Å². The molecule has 0 amide bonds. The zero-order chi connectivity index (χ0) is 12.0. The highest BCUT2D eigenvalue weighted by Crippen LogP contribution is 2.34. The molecule has 0 radical (unpaired) electrons. The average Bonchev–Trinajstić information content (AvgIpc) is 2.55. The van der Waals surface area contributed by atoms with E-state index in [9.17, 15) is 9.59 Å². The van der Waals surface area contributed by atoms with Crippen LogP contribution in [0.5, 0.6) is 0 Å². The Balaban J connectivity index is 2.34. The van der Waals surface area contributed by atoms with E-state index in [0.29, 0.717) is 6.42 Å². The molecule has 0 bridgehead atoms. The summed E-state index contributed by atoms with van der Waals surface area (Å²) in [6.45, 7) is 0.192. The number of hydrogen-bond acceptors (Lipinski definition) is 3. The van der Waals surface area contributed by atoms with Crippen molar-refractivity contribution >= 4 is 11.8 Å². The first kappa shape index (κ1) is 13.2. The first-order chi connectivity index (χ1) is 7.65. The van der Waals surface area contributed by atoms with Crippen LogP contribution in [0.2, 0.25) is 0 Å². The molecule has 0 aromatic rings. The van der Waals surface area contributed by atoms with E-state index in [-0.39, 0.29) is 30.6 Å². The van der Waals surface area contributed by atoms with Crippen LogP contribution < -0.4 is 0 Å². The van der Waals surface area contributed by atoms with E-state index in [1.54, 1.807) is 0 Å². The van der Waals surface area contributed by atoms with Crippen molar-refractivity contribution in [1.82, 2.24) is 0 Å². The Hall–Kier alpha value is -0.900. The van der Waals surface area contributed by atoms with Crippen LogP contribution in [0.4, 0.5) is 0 Å². The molecule has 1 aliphatic carbocycles. The lowest BCUT2D eigenvalue weighted by atomic mass is 9.88. The Labute approximate surface area is 95.7 Å². The second-order valence-corrected chi connectivity index (χ2v) is 4.54. The van der Waals surface area contributed by atoms with E-state index in [0.717, 1.165) is 32.1 Å². The predicted octanol–water partition coefficient (Wildman–Crippen LogP) is 1.61. The fraction of sp³-hybridized carbons (Fsp3) is 0.833. The Bertz CT molecular complexity index is 249. The summed E-state index contributed by atoms with van der Waals surface area (Å²) in [5.41, 5.74) is 0. The number of unbranched alkanes of at least 4 members (excludes halogenated alkanes) is 2. The van der Waals surface area contributed by atoms with Gasteiger partial charge in [-0.2, -0.15) is 0 Å². The number of carboxylic acids is 1. The Kier molecular flexibility index (Phi) is 5.46. The molecule has 1 fully saturated rings. The summed E-state index contributed by atoms with van der Waals surface area (Å²) in [5, 5.41) is 17.4. The smallest absolute Gasteiger partial charge is 0.303 e. The fourth-order valence-corrected chi connectivity index (χ4v) is 2.50. The van der Waals surface area contributed by atoms with Crippen LogP contribution >= 0.6 is 0 Å². The molecule has 4 nitrogen and oxygen atoms in total. The van der Waals surface area contributed by atoms with Crippen LogP contribution in [0.15, 0.2) is 0 Å². The van der Waals surface area contributed by atoms with Crippen molar-refractivity contribution in [3.8, 4) is 0 Å². The van der Waals surface area contributed by atoms with Crippen molar-refractivity contribution in [3.63, 3.8) is 0 Å². The Morgan fingerprint density at radius 2 is 2.06 bits per heavy atom. The van der Waals surface area contributed by atoms with Crippen LogP contribution in [0.3, 0.4) is 0 Å². The number of aliphatic carboxylic acids is 1. The Morgan fingerprint density at radius 1 is 1.31 bits per heavy atom. The zero-order valence-corrected chi connectivity index (χ0v) is 9.52. The normalized spacial score (nSPS) is 24.9. The van der Waals surface area contributed by atoms with Gasteiger partial charge in [0.1, 0.15) is 5.78 Å². The van der Waals surface area contributed by atoms with Gasteiger partial charge < -0.3 is 10.2 Å². The summed E-state index contributed by atoms with van der Waals surface area (Å²) in [6, 6.07) is 0. The van der Waals surface area contributed by atoms with Crippen LogP contribution in [-0.2, 0) is 9.59 Å². The third-order valence-electron chi connectivity index (χ3n) is 3.35. The molecule has 0 spiro atoms. The maximum atomic E-state index is 11.6. The molecule has 2 atom stereocenters. The van der Waals surface area contributed by atoms with Crippen molar-refractivity contribution < 1.29 is 19.8 Å². The summed E-state index contributed by atoms with van der Waals surface area (Å²) in [7, 11) is 0.